The predicted octanol–water partition coefficient (Wildman–Crippen LogP) is 8.33. The average molecular weight is 691 g/mol. The summed E-state index contributed by atoms with van der Waals surface area (Å²) >= 11 is 7.07. The average Bonchev–Trinajstić information content (AvgIpc) is 3.40. The van der Waals surface area contributed by atoms with Crippen molar-refractivity contribution in [3.8, 4) is 23.1 Å². The van der Waals surface area contributed by atoms with Gasteiger partial charge < -0.3 is 13.9 Å². The molecular weight excluding hydrogens is 669 g/mol. The van der Waals surface area contributed by atoms with Crippen LogP contribution in [-0.4, -0.2) is 22.5 Å². The summed E-state index contributed by atoms with van der Waals surface area (Å²) in [5, 5.41) is 5.84. The number of ether oxygens (including phenoxy) is 2. The van der Waals surface area contributed by atoms with Gasteiger partial charge in [0, 0.05) is 19.9 Å². The molecule has 0 fully saturated rings. The third-order valence-electron chi connectivity index (χ3n) is 6.41. The molecule has 0 saturated heterocycles. The molecule has 0 aliphatic heterocycles. The molecule has 0 aliphatic carbocycles. The van der Waals surface area contributed by atoms with Crippen LogP contribution < -0.4 is 15.0 Å². The van der Waals surface area contributed by atoms with Gasteiger partial charge in [0.25, 0.3) is 5.56 Å². The van der Waals surface area contributed by atoms with Crippen molar-refractivity contribution in [1.82, 2.24) is 9.66 Å². The highest BCUT2D eigenvalue weighted by Crippen LogP contribution is 2.34. The molecule has 0 unspecified atom stereocenters. The number of aromatic nitrogens is 2. The molecule has 6 rings (SSSR count). The van der Waals surface area contributed by atoms with Gasteiger partial charge in [0.2, 0.25) is 5.82 Å². The molecule has 4 aromatic carbocycles. The Labute approximate surface area is 256 Å². The van der Waals surface area contributed by atoms with Gasteiger partial charge in [-0.1, -0.05) is 40.2 Å². The van der Waals surface area contributed by atoms with Gasteiger partial charge in [0.05, 0.1) is 23.7 Å². The molecular formula is C32H22Br2FN3O4. The summed E-state index contributed by atoms with van der Waals surface area (Å²) in [6.45, 7) is 2.42. The third-order valence-corrected chi connectivity index (χ3v) is 7.59. The second kappa shape index (κ2) is 11.9. The SMILES string of the molecule is CCOc1cc(C=Nn2c(-c3cc4cc(Br)ccc4o3)nc3ccccc3c2=O)c(Br)cc1OCc1cccc(F)c1. The van der Waals surface area contributed by atoms with E-state index in [1.54, 1.807) is 48.7 Å². The van der Waals surface area contributed by atoms with Gasteiger partial charge in [-0.2, -0.15) is 9.78 Å². The van der Waals surface area contributed by atoms with E-state index in [4.69, 9.17) is 18.9 Å². The second-order valence-corrected chi connectivity index (χ2v) is 11.0. The number of benzene rings is 4. The topological polar surface area (TPSA) is 78.9 Å². The van der Waals surface area contributed by atoms with Crippen LogP contribution >= 0.6 is 31.9 Å². The summed E-state index contributed by atoms with van der Waals surface area (Å²) in [5.41, 5.74) is 2.17. The van der Waals surface area contributed by atoms with Crippen molar-refractivity contribution in [2.45, 2.75) is 13.5 Å². The van der Waals surface area contributed by atoms with Crippen LogP contribution in [0.25, 0.3) is 33.5 Å². The molecule has 0 radical (unpaired) electrons. The molecule has 0 spiro atoms. The molecule has 210 valence electrons. The molecule has 0 atom stereocenters. The van der Waals surface area contributed by atoms with E-state index in [9.17, 15) is 9.18 Å². The van der Waals surface area contributed by atoms with E-state index in [1.807, 2.05) is 37.3 Å². The number of rotatable bonds is 8. The first-order valence-corrected chi connectivity index (χ1v) is 14.6. The highest BCUT2D eigenvalue weighted by Gasteiger charge is 2.17. The lowest BCUT2D eigenvalue weighted by Gasteiger charge is -2.14. The van der Waals surface area contributed by atoms with E-state index in [2.05, 4.69) is 37.0 Å². The summed E-state index contributed by atoms with van der Waals surface area (Å²) < 4.78 is 34.3. The summed E-state index contributed by atoms with van der Waals surface area (Å²) in [4.78, 5) is 18.4. The molecule has 7 nitrogen and oxygen atoms in total. The van der Waals surface area contributed by atoms with Gasteiger partial charge >= 0.3 is 0 Å². The van der Waals surface area contributed by atoms with Gasteiger partial charge in [-0.25, -0.2) is 9.37 Å². The lowest BCUT2D eigenvalue weighted by molar-refractivity contribution is 0.269. The van der Waals surface area contributed by atoms with Gasteiger partial charge in [-0.05, 0) is 89.1 Å². The van der Waals surface area contributed by atoms with Crippen molar-refractivity contribution in [3.63, 3.8) is 0 Å². The fourth-order valence-corrected chi connectivity index (χ4v) is 5.26. The standard InChI is InChI=1S/C32H22Br2FN3O4/c1-2-40-28-15-21(25(34)16-29(28)41-18-19-6-5-7-23(35)12-19)17-36-38-31(37-26-9-4-3-8-24(26)32(38)39)30-14-20-13-22(33)10-11-27(20)42-30/h3-17H,2,18H2,1H3. The summed E-state index contributed by atoms with van der Waals surface area (Å²) in [6.07, 6.45) is 1.55. The van der Waals surface area contributed by atoms with Crippen LogP contribution in [0.4, 0.5) is 4.39 Å². The Kier molecular flexibility index (Phi) is 7.90. The minimum absolute atomic E-state index is 0.160. The normalized spacial score (nSPS) is 11.5. The Morgan fingerprint density at radius 1 is 0.976 bits per heavy atom. The lowest BCUT2D eigenvalue weighted by Crippen LogP contribution is -2.20. The minimum Gasteiger partial charge on any atom is -0.490 e. The number of para-hydroxylation sites is 1. The number of furan rings is 1. The van der Waals surface area contributed by atoms with E-state index >= 15 is 0 Å². The Hall–Kier alpha value is -4.28. The maximum Gasteiger partial charge on any atom is 0.282 e. The molecule has 2 aromatic heterocycles. The van der Waals surface area contributed by atoms with Crippen LogP contribution in [0.3, 0.4) is 0 Å². The fourth-order valence-electron chi connectivity index (χ4n) is 4.45. The number of halogens is 3. The fraction of sp³-hybridized carbons (Fsp3) is 0.0938. The molecule has 0 amide bonds. The molecule has 0 N–H and O–H groups in total. The Bertz CT molecular complexity index is 2040. The zero-order valence-electron chi connectivity index (χ0n) is 22.2. The van der Waals surface area contributed by atoms with Crippen molar-refractivity contribution in [2.24, 2.45) is 5.10 Å². The molecule has 0 saturated carbocycles. The van der Waals surface area contributed by atoms with Gasteiger partial charge in [-0.15, -0.1) is 0 Å². The monoisotopic (exact) mass is 689 g/mol. The molecule has 0 aliphatic rings. The van der Waals surface area contributed by atoms with E-state index in [1.165, 1.54) is 16.8 Å². The Morgan fingerprint density at radius 3 is 2.64 bits per heavy atom. The molecule has 10 heteroatoms. The first kappa shape index (κ1) is 27.9. The van der Waals surface area contributed by atoms with Crippen LogP contribution in [0.15, 0.2) is 108 Å². The number of nitrogens with zero attached hydrogens (tertiary/aromatic N) is 3. The van der Waals surface area contributed by atoms with Gasteiger partial charge in [0.15, 0.2) is 17.3 Å². The van der Waals surface area contributed by atoms with Crippen LogP contribution in [0, 0.1) is 5.82 Å². The van der Waals surface area contributed by atoms with Crippen LogP contribution in [0.1, 0.15) is 18.1 Å². The smallest absolute Gasteiger partial charge is 0.282 e. The molecule has 42 heavy (non-hydrogen) atoms. The maximum absolute atomic E-state index is 13.6. The van der Waals surface area contributed by atoms with Crippen molar-refractivity contribution in [2.75, 3.05) is 6.61 Å². The predicted molar refractivity (Wildman–Crippen MR) is 168 cm³/mol. The van der Waals surface area contributed by atoms with Gasteiger partial charge in [0.1, 0.15) is 18.0 Å². The Morgan fingerprint density at radius 2 is 1.81 bits per heavy atom. The number of hydrogen-bond acceptors (Lipinski definition) is 6. The van der Waals surface area contributed by atoms with Crippen molar-refractivity contribution >= 4 is 59.9 Å². The van der Waals surface area contributed by atoms with Crippen LogP contribution in [0.2, 0.25) is 0 Å². The Balaban J connectivity index is 1.41. The largest absolute Gasteiger partial charge is 0.490 e. The lowest BCUT2D eigenvalue weighted by atomic mass is 10.2. The van der Waals surface area contributed by atoms with Crippen molar-refractivity contribution in [1.29, 1.82) is 0 Å². The van der Waals surface area contributed by atoms with Crippen LogP contribution in [0.5, 0.6) is 11.5 Å². The van der Waals surface area contributed by atoms with Crippen LogP contribution in [-0.2, 0) is 6.61 Å². The first-order chi connectivity index (χ1) is 20.4. The zero-order valence-corrected chi connectivity index (χ0v) is 25.4. The third kappa shape index (κ3) is 5.73. The minimum atomic E-state index is -0.343. The quantitative estimate of drug-likeness (QED) is 0.150. The summed E-state index contributed by atoms with van der Waals surface area (Å²) in [6, 6.07) is 24.3. The number of fused-ring (bicyclic) bond motifs is 2. The summed E-state index contributed by atoms with van der Waals surface area (Å²) in [5.74, 6) is 1.29. The summed E-state index contributed by atoms with van der Waals surface area (Å²) in [7, 11) is 0. The second-order valence-electron chi connectivity index (χ2n) is 9.28. The van der Waals surface area contributed by atoms with Crippen molar-refractivity contribution < 1.29 is 18.3 Å². The van der Waals surface area contributed by atoms with E-state index in [0.29, 0.717) is 56.0 Å². The highest BCUT2D eigenvalue weighted by molar-refractivity contribution is 9.10. The molecule has 0 bridgehead atoms. The van der Waals surface area contributed by atoms with E-state index in [0.717, 1.165) is 9.86 Å². The maximum atomic E-state index is 13.6. The van der Waals surface area contributed by atoms with E-state index in [-0.39, 0.29) is 23.8 Å². The zero-order chi connectivity index (χ0) is 29.2. The van der Waals surface area contributed by atoms with Gasteiger partial charge in [-0.3, -0.25) is 4.79 Å². The molecule has 6 aromatic rings. The molecule has 2 heterocycles. The van der Waals surface area contributed by atoms with Crippen molar-refractivity contribution in [3.05, 3.63) is 121 Å². The first-order valence-electron chi connectivity index (χ1n) is 13.0. The van der Waals surface area contributed by atoms with E-state index < -0.39 is 0 Å². The highest BCUT2D eigenvalue weighted by atomic mass is 79.9. The number of hydrogen-bond donors (Lipinski definition) is 0.